The van der Waals surface area contributed by atoms with Crippen LogP contribution in [0.3, 0.4) is 0 Å². The minimum Gasteiger partial charge on any atom is -0.317 e. The second-order valence-electron chi connectivity index (χ2n) is 4.95. The molecule has 1 unspecified atom stereocenters. The highest BCUT2D eigenvalue weighted by molar-refractivity contribution is 7.09. The Morgan fingerprint density at radius 3 is 2.81 bits per heavy atom. The lowest BCUT2D eigenvalue weighted by atomic mass is 10.2. The molecule has 1 aromatic carbocycles. The average Bonchev–Trinajstić information content (AvgIpc) is 3.03. The Kier molecular flexibility index (Phi) is 4.20. The number of halogens is 2. The Labute approximate surface area is 137 Å². The third-order valence-corrected chi connectivity index (χ3v) is 5.06. The van der Waals surface area contributed by atoms with Crippen molar-refractivity contribution in [3.05, 3.63) is 45.1 Å². The van der Waals surface area contributed by atoms with Gasteiger partial charge in [0.25, 0.3) is 0 Å². The number of hydrogen-bond acceptors (Lipinski definition) is 3. The molecule has 1 atom stereocenters. The van der Waals surface area contributed by atoms with Crippen molar-refractivity contribution in [3.63, 3.8) is 0 Å². The predicted octanol–water partition coefficient (Wildman–Crippen LogP) is 4.85. The van der Waals surface area contributed by atoms with E-state index in [1.54, 1.807) is 11.3 Å². The van der Waals surface area contributed by atoms with E-state index < -0.39 is 0 Å². The number of para-hydroxylation sites is 1. The Morgan fingerprint density at radius 1 is 1.33 bits per heavy atom. The molecule has 0 bridgehead atoms. The van der Waals surface area contributed by atoms with Crippen LogP contribution in [-0.2, 0) is 6.42 Å². The molecule has 110 valence electrons. The summed E-state index contributed by atoms with van der Waals surface area (Å²) in [6.07, 6.45) is 0.710. The first kappa shape index (κ1) is 14.8. The van der Waals surface area contributed by atoms with Crippen molar-refractivity contribution in [2.75, 3.05) is 5.88 Å². The smallest absolute Gasteiger partial charge is 0.116 e. The maximum absolute atomic E-state index is 6.40. The number of benzene rings is 1. The van der Waals surface area contributed by atoms with Gasteiger partial charge in [0, 0.05) is 23.4 Å². The van der Waals surface area contributed by atoms with Crippen LogP contribution < -0.4 is 0 Å². The molecule has 21 heavy (non-hydrogen) atoms. The van der Waals surface area contributed by atoms with Crippen molar-refractivity contribution in [3.8, 4) is 0 Å². The third kappa shape index (κ3) is 2.68. The molecule has 0 aliphatic heterocycles. The van der Waals surface area contributed by atoms with E-state index >= 15 is 0 Å². The zero-order valence-corrected chi connectivity index (χ0v) is 14.1. The van der Waals surface area contributed by atoms with Crippen LogP contribution in [0.4, 0.5) is 0 Å². The predicted molar refractivity (Wildman–Crippen MR) is 89.8 cm³/mol. The fourth-order valence-electron chi connectivity index (χ4n) is 2.51. The lowest BCUT2D eigenvalue weighted by Gasteiger charge is -2.15. The van der Waals surface area contributed by atoms with Gasteiger partial charge in [0.15, 0.2) is 0 Å². The first-order valence-corrected chi connectivity index (χ1v) is 8.54. The van der Waals surface area contributed by atoms with Crippen LogP contribution in [0.2, 0.25) is 5.02 Å². The summed E-state index contributed by atoms with van der Waals surface area (Å²) in [7, 11) is 0. The molecular formula is C15H15Cl2N3S. The lowest BCUT2D eigenvalue weighted by molar-refractivity contribution is 0.619. The number of aryl methyl sites for hydroxylation is 2. The molecule has 0 saturated carbocycles. The second kappa shape index (κ2) is 5.95. The summed E-state index contributed by atoms with van der Waals surface area (Å²) in [6.45, 7) is 4.13. The second-order valence-corrected chi connectivity index (χ2v) is 6.62. The van der Waals surface area contributed by atoms with Gasteiger partial charge in [0.05, 0.1) is 22.1 Å². The zero-order valence-electron chi connectivity index (χ0n) is 11.8. The Bertz CT molecular complexity index is 778. The van der Waals surface area contributed by atoms with Gasteiger partial charge in [-0.05, 0) is 26.0 Å². The summed E-state index contributed by atoms with van der Waals surface area (Å²) >= 11 is 14.0. The van der Waals surface area contributed by atoms with E-state index in [1.807, 2.05) is 25.1 Å². The largest absolute Gasteiger partial charge is 0.317 e. The topological polar surface area (TPSA) is 30.7 Å². The highest BCUT2D eigenvalue weighted by Crippen LogP contribution is 2.32. The number of nitrogens with zero attached hydrogens (tertiary/aromatic N) is 3. The Hall–Kier alpha value is -1.10. The van der Waals surface area contributed by atoms with E-state index in [-0.39, 0.29) is 6.04 Å². The number of rotatable bonds is 4. The molecule has 0 saturated heterocycles. The van der Waals surface area contributed by atoms with Crippen LogP contribution in [0.1, 0.15) is 29.5 Å². The molecule has 0 aliphatic carbocycles. The maximum Gasteiger partial charge on any atom is 0.116 e. The summed E-state index contributed by atoms with van der Waals surface area (Å²) in [5.41, 5.74) is 2.90. The highest BCUT2D eigenvalue weighted by atomic mass is 35.5. The van der Waals surface area contributed by atoms with E-state index in [0.29, 0.717) is 17.3 Å². The van der Waals surface area contributed by atoms with E-state index in [9.17, 15) is 0 Å². The quantitative estimate of drug-likeness (QED) is 0.636. The first-order chi connectivity index (χ1) is 10.1. The van der Waals surface area contributed by atoms with Crippen molar-refractivity contribution in [1.82, 2.24) is 14.5 Å². The molecular weight excluding hydrogens is 325 g/mol. The number of thiazole rings is 1. The summed E-state index contributed by atoms with van der Waals surface area (Å²) in [5.74, 6) is 1.48. The van der Waals surface area contributed by atoms with Gasteiger partial charge in [-0.15, -0.1) is 22.9 Å². The van der Waals surface area contributed by atoms with Crippen LogP contribution in [0.5, 0.6) is 0 Å². The molecule has 0 N–H and O–H groups in total. The fourth-order valence-corrected chi connectivity index (χ4v) is 3.78. The van der Waals surface area contributed by atoms with E-state index in [2.05, 4.69) is 26.8 Å². The summed E-state index contributed by atoms with van der Waals surface area (Å²) in [6, 6.07) is 5.89. The molecule has 2 aromatic heterocycles. The highest BCUT2D eigenvalue weighted by Gasteiger charge is 2.20. The maximum atomic E-state index is 6.40. The van der Waals surface area contributed by atoms with Gasteiger partial charge < -0.3 is 4.57 Å². The minimum atomic E-state index is 0.0896. The van der Waals surface area contributed by atoms with Crippen LogP contribution in [0, 0.1) is 6.92 Å². The molecule has 3 aromatic rings. The average molecular weight is 340 g/mol. The van der Waals surface area contributed by atoms with Gasteiger partial charge in [-0.1, -0.05) is 17.7 Å². The number of alkyl halides is 1. The molecule has 0 fully saturated rings. The molecule has 6 heteroatoms. The summed E-state index contributed by atoms with van der Waals surface area (Å²) < 4.78 is 2.16. The van der Waals surface area contributed by atoms with Gasteiger partial charge in [-0.3, -0.25) is 0 Å². The third-order valence-electron chi connectivity index (χ3n) is 3.43. The molecule has 0 amide bonds. The van der Waals surface area contributed by atoms with Crippen molar-refractivity contribution in [2.45, 2.75) is 26.3 Å². The van der Waals surface area contributed by atoms with Crippen molar-refractivity contribution >= 4 is 45.6 Å². The van der Waals surface area contributed by atoms with Gasteiger partial charge in [-0.25, -0.2) is 9.97 Å². The number of hydrogen-bond donors (Lipinski definition) is 0. The van der Waals surface area contributed by atoms with Crippen molar-refractivity contribution < 1.29 is 0 Å². The molecule has 0 spiro atoms. The molecule has 0 aliphatic rings. The molecule has 2 heterocycles. The standard InChI is InChI=1S/C15H15Cl2N3S/c1-9-8-21-15(18-9)10(2)20-13(6-7-16)19-12-5-3-4-11(17)14(12)20/h3-5,8,10H,6-7H2,1-2H3. The molecule has 3 rings (SSSR count). The normalized spacial score (nSPS) is 13.0. The van der Waals surface area contributed by atoms with Gasteiger partial charge in [0.1, 0.15) is 10.8 Å². The SMILES string of the molecule is Cc1csc(C(C)n2c(CCCl)nc3cccc(Cl)c32)n1. The van der Waals surface area contributed by atoms with Gasteiger partial charge >= 0.3 is 0 Å². The Balaban J connectivity index is 2.21. The zero-order chi connectivity index (χ0) is 15.0. The monoisotopic (exact) mass is 339 g/mol. The van der Waals surface area contributed by atoms with Crippen molar-refractivity contribution in [2.24, 2.45) is 0 Å². The number of aromatic nitrogens is 3. The van der Waals surface area contributed by atoms with Crippen LogP contribution in [-0.4, -0.2) is 20.4 Å². The van der Waals surface area contributed by atoms with E-state index in [4.69, 9.17) is 23.2 Å². The van der Waals surface area contributed by atoms with Crippen LogP contribution in [0.15, 0.2) is 23.6 Å². The number of fused-ring (bicyclic) bond motifs is 1. The van der Waals surface area contributed by atoms with Gasteiger partial charge in [0.2, 0.25) is 0 Å². The van der Waals surface area contributed by atoms with E-state index in [1.165, 1.54) is 0 Å². The first-order valence-electron chi connectivity index (χ1n) is 6.75. The van der Waals surface area contributed by atoms with Crippen LogP contribution in [0.25, 0.3) is 11.0 Å². The minimum absolute atomic E-state index is 0.0896. The molecule has 3 nitrogen and oxygen atoms in total. The summed E-state index contributed by atoms with van der Waals surface area (Å²) in [4.78, 5) is 9.29. The molecule has 0 radical (unpaired) electrons. The lowest BCUT2D eigenvalue weighted by Crippen LogP contribution is -2.11. The van der Waals surface area contributed by atoms with E-state index in [0.717, 1.165) is 27.6 Å². The summed E-state index contributed by atoms with van der Waals surface area (Å²) in [5, 5.41) is 3.83. The van der Waals surface area contributed by atoms with Crippen molar-refractivity contribution in [1.29, 1.82) is 0 Å². The fraction of sp³-hybridized carbons (Fsp3) is 0.333. The number of imidazole rings is 1. The Morgan fingerprint density at radius 2 is 2.14 bits per heavy atom. The van der Waals surface area contributed by atoms with Crippen LogP contribution >= 0.6 is 34.5 Å². The van der Waals surface area contributed by atoms with Gasteiger partial charge in [-0.2, -0.15) is 0 Å².